The standard InChI is InChI=1S/C20H23N3O4/c1-13-5-7-16(10-14(13)2)27-18-8-6-15(11-21-18)23-20(25)19(24)22-12-17-4-3-9-26-17/h5-8,10-11,17H,3-4,9,12H2,1-2H3,(H,22,24)(H,23,25)/t17-/m0/s1. The van der Waals surface area contributed by atoms with E-state index in [-0.39, 0.29) is 6.10 Å². The molecule has 0 bridgehead atoms. The summed E-state index contributed by atoms with van der Waals surface area (Å²) in [7, 11) is 0. The summed E-state index contributed by atoms with van der Waals surface area (Å²) in [4.78, 5) is 27.9. The van der Waals surface area contributed by atoms with Gasteiger partial charge in [0.15, 0.2) is 0 Å². The van der Waals surface area contributed by atoms with E-state index in [2.05, 4.69) is 15.6 Å². The minimum atomic E-state index is -0.738. The van der Waals surface area contributed by atoms with Gasteiger partial charge in [0.1, 0.15) is 5.75 Å². The van der Waals surface area contributed by atoms with E-state index in [4.69, 9.17) is 9.47 Å². The highest BCUT2D eigenvalue weighted by molar-refractivity contribution is 6.39. The molecule has 0 aliphatic carbocycles. The van der Waals surface area contributed by atoms with Crippen LogP contribution >= 0.6 is 0 Å². The number of nitrogens with one attached hydrogen (secondary N) is 2. The normalized spacial score (nSPS) is 16.0. The van der Waals surface area contributed by atoms with Gasteiger partial charge in [-0.15, -0.1) is 0 Å². The fourth-order valence-corrected chi connectivity index (χ4v) is 2.69. The SMILES string of the molecule is Cc1ccc(Oc2ccc(NC(=O)C(=O)NC[C@@H]3CCCO3)cn2)cc1C. The van der Waals surface area contributed by atoms with Crippen LogP contribution in [-0.2, 0) is 14.3 Å². The predicted octanol–water partition coefficient (Wildman–Crippen LogP) is 2.72. The molecule has 2 amide bonds. The van der Waals surface area contributed by atoms with Gasteiger partial charge >= 0.3 is 11.8 Å². The molecule has 1 saturated heterocycles. The lowest BCUT2D eigenvalue weighted by Crippen LogP contribution is -2.39. The molecule has 3 rings (SSSR count). The summed E-state index contributed by atoms with van der Waals surface area (Å²) in [6.45, 7) is 5.09. The Hall–Kier alpha value is -2.93. The smallest absolute Gasteiger partial charge is 0.313 e. The Morgan fingerprint density at radius 1 is 1.19 bits per heavy atom. The second-order valence-corrected chi connectivity index (χ2v) is 6.53. The van der Waals surface area contributed by atoms with Gasteiger partial charge in [0.05, 0.1) is 18.0 Å². The molecule has 0 saturated carbocycles. The van der Waals surface area contributed by atoms with Crippen molar-refractivity contribution in [2.24, 2.45) is 0 Å². The van der Waals surface area contributed by atoms with Crippen molar-refractivity contribution in [3.8, 4) is 11.6 Å². The maximum Gasteiger partial charge on any atom is 0.313 e. The number of hydrogen-bond acceptors (Lipinski definition) is 5. The van der Waals surface area contributed by atoms with E-state index in [9.17, 15) is 9.59 Å². The van der Waals surface area contributed by atoms with Crippen molar-refractivity contribution < 1.29 is 19.1 Å². The Balaban J connectivity index is 1.51. The Bertz CT molecular complexity index is 814. The van der Waals surface area contributed by atoms with Crippen LogP contribution in [0.25, 0.3) is 0 Å². The molecule has 0 unspecified atom stereocenters. The van der Waals surface area contributed by atoms with Crippen LogP contribution in [-0.4, -0.2) is 36.1 Å². The fraction of sp³-hybridized carbons (Fsp3) is 0.350. The molecule has 2 aromatic rings. The number of anilines is 1. The number of carbonyl (C=O) groups is 2. The zero-order chi connectivity index (χ0) is 19.2. The summed E-state index contributed by atoms with van der Waals surface area (Å²) in [5, 5.41) is 5.09. The van der Waals surface area contributed by atoms with E-state index in [0.717, 1.165) is 18.4 Å². The van der Waals surface area contributed by atoms with Crippen molar-refractivity contribution >= 4 is 17.5 Å². The third-order valence-corrected chi connectivity index (χ3v) is 4.42. The molecule has 1 fully saturated rings. The van der Waals surface area contributed by atoms with Gasteiger partial charge in [0.2, 0.25) is 5.88 Å². The summed E-state index contributed by atoms with van der Waals surface area (Å²) in [6, 6.07) is 9.06. The Morgan fingerprint density at radius 2 is 2.04 bits per heavy atom. The average molecular weight is 369 g/mol. The third-order valence-electron chi connectivity index (χ3n) is 4.42. The van der Waals surface area contributed by atoms with Gasteiger partial charge in [-0.2, -0.15) is 0 Å². The van der Waals surface area contributed by atoms with Crippen molar-refractivity contribution in [1.29, 1.82) is 0 Å². The highest BCUT2D eigenvalue weighted by Crippen LogP contribution is 2.23. The topological polar surface area (TPSA) is 89.5 Å². The fourth-order valence-electron chi connectivity index (χ4n) is 2.69. The number of rotatable bonds is 5. The first-order valence-corrected chi connectivity index (χ1v) is 8.93. The molecule has 0 radical (unpaired) electrons. The second kappa shape index (κ2) is 8.64. The molecule has 142 valence electrons. The van der Waals surface area contributed by atoms with Crippen molar-refractivity contribution in [3.63, 3.8) is 0 Å². The summed E-state index contributed by atoms with van der Waals surface area (Å²) in [5.74, 6) is -0.339. The number of aromatic nitrogens is 1. The molecule has 7 heteroatoms. The van der Waals surface area contributed by atoms with Gasteiger partial charge in [0, 0.05) is 19.2 Å². The van der Waals surface area contributed by atoms with Crippen molar-refractivity contribution in [3.05, 3.63) is 47.7 Å². The monoisotopic (exact) mass is 369 g/mol. The Labute approximate surface area is 158 Å². The predicted molar refractivity (Wildman–Crippen MR) is 101 cm³/mol. The zero-order valence-electron chi connectivity index (χ0n) is 15.5. The molecule has 0 spiro atoms. The highest BCUT2D eigenvalue weighted by Gasteiger charge is 2.19. The summed E-state index contributed by atoms with van der Waals surface area (Å²) >= 11 is 0. The van der Waals surface area contributed by atoms with Crippen LogP contribution in [0.4, 0.5) is 5.69 Å². The lowest BCUT2D eigenvalue weighted by Gasteiger charge is -2.11. The van der Waals surface area contributed by atoms with Crippen LogP contribution in [0.5, 0.6) is 11.6 Å². The molecule has 1 atom stereocenters. The molecule has 7 nitrogen and oxygen atoms in total. The zero-order valence-corrected chi connectivity index (χ0v) is 15.5. The van der Waals surface area contributed by atoms with Gasteiger partial charge in [-0.05, 0) is 56.0 Å². The number of aryl methyl sites for hydroxylation is 2. The summed E-state index contributed by atoms with van der Waals surface area (Å²) in [6.07, 6.45) is 3.31. The molecule has 1 aromatic carbocycles. The first-order valence-electron chi connectivity index (χ1n) is 8.93. The van der Waals surface area contributed by atoms with E-state index < -0.39 is 11.8 Å². The maximum atomic E-state index is 11.9. The first kappa shape index (κ1) is 18.8. The highest BCUT2D eigenvalue weighted by atomic mass is 16.5. The molecule has 1 aliphatic heterocycles. The largest absolute Gasteiger partial charge is 0.439 e. The molecular formula is C20H23N3O4. The lowest BCUT2D eigenvalue weighted by molar-refractivity contribution is -0.136. The minimum Gasteiger partial charge on any atom is -0.439 e. The van der Waals surface area contributed by atoms with Gasteiger partial charge in [-0.1, -0.05) is 6.07 Å². The molecule has 27 heavy (non-hydrogen) atoms. The van der Waals surface area contributed by atoms with E-state index in [0.29, 0.717) is 30.5 Å². The summed E-state index contributed by atoms with van der Waals surface area (Å²) in [5.41, 5.74) is 2.73. The van der Waals surface area contributed by atoms with Crippen molar-refractivity contribution in [1.82, 2.24) is 10.3 Å². The van der Waals surface area contributed by atoms with Gasteiger partial charge in [-0.3, -0.25) is 9.59 Å². The van der Waals surface area contributed by atoms with E-state index in [1.807, 2.05) is 32.0 Å². The number of amides is 2. The Kier molecular flexibility index (Phi) is 6.03. The lowest BCUT2D eigenvalue weighted by atomic mass is 10.1. The number of carbonyl (C=O) groups excluding carboxylic acids is 2. The van der Waals surface area contributed by atoms with Gasteiger partial charge < -0.3 is 20.1 Å². The van der Waals surface area contributed by atoms with E-state index in [1.165, 1.54) is 11.8 Å². The molecule has 2 N–H and O–H groups in total. The van der Waals surface area contributed by atoms with Crippen LogP contribution in [0.3, 0.4) is 0 Å². The Morgan fingerprint density at radius 3 is 2.70 bits per heavy atom. The quantitative estimate of drug-likeness (QED) is 0.791. The van der Waals surface area contributed by atoms with Crippen LogP contribution in [0.1, 0.15) is 24.0 Å². The number of ether oxygens (including phenoxy) is 2. The van der Waals surface area contributed by atoms with Crippen molar-refractivity contribution in [2.45, 2.75) is 32.8 Å². The minimum absolute atomic E-state index is 0.00902. The number of nitrogens with zero attached hydrogens (tertiary/aromatic N) is 1. The second-order valence-electron chi connectivity index (χ2n) is 6.53. The van der Waals surface area contributed by atoms with Crippen LogP contribution < -0.4 is 15.4 Å². The van der Waals surface area contributed by atoms with Gasteiger partial charge in [-0.25, -0.2) is 4.98 Å². The van der Waals surface area contributed by atoms with Crippen LogP contribution in [0.2, 0.25) is 0 Å². The first-order chi connectivity index (χ1) is 13.0. The number of benzene rings is 1. The van der Waals surface area contributed by atoms with E-state index >= 15 is 0 Å². The van der Waals surface area contributed by atoms with Crippen LogP contribution in [0, 0.1) is 13.8 Å². The average Bonchev–Trinajstić information content (AvgIpc) is 3.18. The summed E-state index contributed by atoms with van der Waals surface area (Å²) < 4.78 is 11.1. The molecular weight excluding hydrogens is 346 g/mol. The molecule has 2 heterocycles. The number of hydrogen-bond donors (Lipinski definition) is 2. The van der Waals surface area contributed by atoms with E-state index in [1.54, 1.807) is 12.1 Å². The molecule has 1 aliphatic rings. The van der Waals surface area contributed by atoms with Crippen molar-refractivity contribution in [2.75, 3.05) is 18.5 Å². The molecule has 1 aromatic heterocycles. The van der Waals surface area contributed by atoms with Gasteiger partial charge in [0.25, 0.3) is 0 Å². The maximum absolute atomic E-state index is 11.9. The van der Waals surface area contributed by atoms with Crippen LogP contribution in [0.15, 0.2) is 36.5 Å². The number of pyridine rings is 1. The third kappa shape index (κ3) is 5.27.